The SMILES string of the molecule is COc1cccc(C(O)C2(F)CNC2)c1. The van der Waals surface area contributed by atoms with Crippen molar-refractivity contribution in [2.24, 2.45) is 0 Å². The maximum Gasteiger partial charge on any atom is 0.165 e. The topological polar surface area (TPSA) is 41.5 Å². The summed E-state index contributed by atoms with van der Waals surface area (Å²) in [6, 6.07) is 6.87. The largest absolute Gasteiger partial charge is 0.497 e. The molecule has 1 fully saturated rings. The molecule has 1 heterocycles. The van der Waals surface area contributed by atoms with Crippen LogP contribution in [0.5, 0.6) is 5.75 Å². The van der Waals surface area contributed by atoms with Crippen molar-refractivity contribution < 1.29 is 14.2 Å². The zero-order valence-corrected chi connectivity index (χ0v) is 8.53. The van der Waals surface area contributed by atoms with Crippen LogP contribution in [0.1, 0.15) is 11.7 Å². The van der Waals surface area contributed by atoms with E-state index >= 15 is 0 Å². The lowest BCUT2D eigenvalue weighted by Crippen LogP contribution is -2.59. The zero-order chi connectivity index (χ0) is 10.9. The first-order valence-electron chi connectivity index (χ1n) is 4.87. The van der Waals surface area contributed by atoms with Crippen LogP contribution in [0.15, 0.2) is 24.3 Å². The summed E-state index contributed by atoms with van der Waals surface area (Å²) in [5.41, 5.74) is -0.981. The Morgan fingerprint density at radius 3 is 2.80 bits per heavy atom. The number of aliphatic hydroxyl groups excluding tert-OH is 1. The smallest absolute Gasteiger partial charge is 0.165 e. The van der Waals surface area contributed by atoms with Crippen molar-refractivity contribution in [1.29, 1.82) is 0 Å². The van der Waals surface area contributed by atoms with Crippen LogP contribution >= 0.6 is 0 Å². The van der Waals surface area contributed by atoms with E-state index in [0.717, 1.165) is 0 Å². The summed E-state index contributed by atoms with van der Waals surface area (Å²) in [4.78, 5) is 0. The average Bonchev–Trinajstić information content (AvgIpc) is 2.25. The Morgan fingerprint density at radius 2 is 2.27 bits per heavy atom. The monoisotopic (exact) mass is 211 g/mol. The van der Waals surface area contributed by atoms with E-state index in [4.69, 9.17) is 4.74 Å². The molecule has 1 aliphatic heterocycles. The quantitative estimate of drug-likeness (QED) is 0.785. The predicted octanol–water partition coefficient (Wildman–Crippen LogP) is 1.04. The minimum Gasteiger partial charge on any atom is -0.497 e. The maximum absolute atomic E-state index is 13.9. The van der Waals surface area contributed by atoms with Gasteiger partial charge in [0.2, 0.25) is 0 Å². The normalized spacial score (nSPS) is 20.5. The zero-order valence-electron chi connectivity index (χ0n) is 8.53. The van der Waals surface area contributed by atoms with E-state index in [1.54, 1.807) is 31.4 Å². The lowest BCUT2D eigenvalue weighted by molar-refractivity contribution is -0.0464. The van der Waals surface area contributed by atoms with Gasteiger partial charge in [-0.15, -0.1) is 0 Å². The molecule has 4 heteroatoms. The summed E-state index contributed by atoms with van der Waals surface area (Å²) in [6.45, 7) is 0.400. The van der Waals surface area contributed by atoms with Crippen molar-refractivity contribution in [3.8, 4) is 5.75 Å². The molecule has 0 aromatic heterocycles. The van der Waals surface area contributed by atoms with Gasteiger partial charge in [0.05, 0.1) is 7.11 Å². The number of ether oxygens (including phenoxy) is 1. The molecule has 0 aliphatic carbocycles. The summed E-state index contributed by atoms with van der Waals surface area (Å²) in [5, 5.41) is 12.7. The molecule has 1 aromatic rings. The second-order valence-electron chi connectivity index (χ2n) is 3.82. The highest BCUT2D eigenvalue weighted by Crippen LogP contribution is 2.33. The number of nitrogens with one attached hydrogen (secondary N) is 1. The van der Waals surface area contributed by atoms with Gasteiger partial charge < -0.3 is 15.2 Å². The third-order valence-electron chi connectivity index (χ3n) is 2.74. The summed E-state index contributed by atoms with van der Waals surface area (Å²) >= 11 is 0. The van der Waals surface area contributed by atoms with Crippen molar-refractivity contribution in [3.05, 3.63) is 29.8 Å². The number of rotatable bonds is 3. The Hall–Kier alpha value is -1.13. The summed E-state index contributed by atoms with van der Waals surface area (Å²) in [7, 11) is 1.54. The molecule has 0 saturated carbocycles. The Balaban J connectivity index is 2.21. The second-order valence-corrected chi connectivity index (χ2v) is 3.82. The fourth-order valence-corrected chi connectivity index (χ4v) is 1.67. The Kier molecular flexibility index (Phi) is 2.63. The number of benzene rings is 1. The summed E-state index contributed by atoms with van der Waals surface area (Å²) in [6.07, 6.45) is -1.09. The number of aliphatic hydroxyl groups is 1. The molecule has 82 valence electrons. The average molecular weight is 211 g/mol. The van der Waals surface area contributed by atoms with Gasteiger partial charge in [-0.2, -0.15) is 0 Å². The van der Waals surface area contributed by atoms with Gasteiger partial charge in [0.25, 0.3) is 0 Å². The second kappa shape index (κ2) is 3.79. The first-order chi connectivity index (χ1) is 7.15. The van der Waals surface area contributed by atoms with Crippen LogP contribution in [0.3, 0.4) is 0 Å². The first kappa shape index (κ1) is 10.4. The highest BCUT2D eigenvalue weighted by Gasteiger charge is 2.44. The third-order valence-corrected chi connectivity index (χ3v) is 2.74. The van der Waals surface area contributed by atoms with E-state index in [2.05, 4.69) is 5.32 Å². The number of hydrogen-bond acceptors (Lipinski definition) is 3. The minimum atomic E-state index is -1.54. The van der Waals surface area contributed by atoms with E-state index in [1.165, 1.54) is 0 Å². The van der Waals surface area contributed by atoms with Crippen LogP contribution in [0.25, 0.3) is 0 Å². The number of hydrogen-bond donors (Lipinski definition) is 2. The molecule has 0 spiro atoms. The van der Waals surface area contributed by atoms with Gasteiger partial charge in [0, 0.05) is 13.1 Å². The number of methoxy groups -OCH3 is 1. The fourth-order valence-electron chi connectivity index (χ4n) is 1.67. The van der Waals surface area contributed by atoms with E-state index in [0.29, 0.717) is 11.3 Å². The summed E-state index contributed by atoms with van der Waals surface area (Å²) < 4.78 is 18.9. The van der Waals surface area contributed by atoms with Crippen LogP contribution in [0.4, 0.5) is 4.39 Å². The predicted molar refractivity (Wildman–Crippen MR) is 54.7 cm³/mol. The Labute approximate surface area is 87.9 Å². The number of halogens is 1. The van der Waals surface area contributed by atoms with Gasteiger partial charge in [0.15, 0.2) is 5.67 Å². The van der Waals surface area contributed by atoms with Gasteiger partial charge in [-0.05, 0) is 17.7 Å². The van der Waals surface area contributed by atoms with Crippen molar-refractivity contribution in [1.82, 2.24) is 5.32 Å². The molecule has 1 atom stereocenters. The van der Waals surface area contributed by atoms with Crippen molar-refractivity contribution in [2.45, 2.75) is 11.8 Å². The standard InChI is InChI=1S/C11H14FNO2/c1-15-9-4-2-3-8(5-9)10(14)11(12)6-13-7-11/h2-5,10,13-14H,6-7H2,1H3. The molecule has 0 bridgehead atoms. The molecule has 0 radical (unpaired) electrons. The van der Waals surface area contributed by atoms with Gasteiger partial charge >= 0.3 is 0 Å². The molecule has 3 nitrogen and oxygen atoms in total. The van der Waals surface area contributed by atoms with E-state index in [9.17, 15) is 9.50 Å². The molecule has 1 aromatic carbocycles. The first-order valence-corrected chi connectivity index (χ1v) is 4.87. The van der Waals surface area contributed by atoms with Gasteiger partial charge in [-0.3, -0.25) is 0 Å². The van der Waals surface area contributed by atoms with Crippen LogP contribution in [0.2, 0.25) is 0 Å². The Bertz CT molecular complexity index is 352. The molecule has 2 rings (SSSR count). The van der Waals surface area contributed by atoms with E-state index in [-0.39, 0.29) is 13.1 Å². The number of alkyl halides is 1. The van der Waals surface area contributed by atoms with E-state index in [1.807, 2.05) is 0 Å². The lowest BCUT2D eigenvalue weighted by Gasteiger charge is -2.38. The van der Waals surface area contributed by atoms with Crippen molar-refractivity contribution in [2.75, 3.05) is 20.2 Å². The fraction of sp³-hybridized carbons (Fsp3) is 0.455. The van der Waals surface area contributed by atoms with E-state index < -0.39 is 11.8 Å². The maximum atomic E-state index is 13.9. The molecular formula is C11H14FNO2. The molecule has 1 saturated heterocycles. The van der Waals surface area contributed by atoms with Crippen LogP contribution in [-0.2, 0) is 0 Å². The lowest BCUT2D eigenvalue weighted by atomic mass is 9.88. The van der Waals surface area contributed by atoms with Crippen LogP contribution in [0, 0.1) is 0 Å². The molecule has 0 amide bonds. The molecule has 1 aliphatic rings. The van der Waals surface area contributed by atoms with Gasteiger partial charge in [-0.25, -0.2) is 4.39 Å². The highest BCUT2D eigenvalue weighted by atomic mass is 19.1. The molecule has 15 heavy (non-hydrogen) atoms. The van der Waals surface area contributed by atoms with Gasteiger partial charge in [0.1, 0.15) is 11.9 Å². The van der Waals surface area contributed by atoms with Crippen LogP contribution in [-0.4, -0.2) is 31.0 Å². The minimum absolute atomic E-state index is 0.200. The van der Waals surface area contributed by atoms with Crippen LogP contribution < -0.4 is 10.1 Å². The summed E-state index contributed by atoms with van der Waals surface area (Å²) in [5.74, 6) is 0.627. The molecule has 1 unspecified atom stereocenters. The Morgan fingerprint density at radius 1 is 1.53 bits per heavy atom. The highest BCUT2D eigenvalue weighted by molar-refractivity contribution is 5.31. The molecular weight excluding hydrogens is 197 g/mol. The third kappa shape index (κ3) is 1.82. The van der Waals surface area contributed by atoms with Gasteiger partial charge in [-0.1, -0.05) is 12.1 Å². The van der Waals surface area contributed by atoms with Crippen molar-refractivity contribution >= 4 is 0 Å². The van der Waals surface area contributed by atoms with Crippen molar-refractivity contribution in [3.63, 3.8) is 0 Å². The molecule has 2 N–H and O–H groups in total.